The quantitative estimate of drug-likeness (QED) is 0.651. The molecular weight excluding hydrogens is 327 g/mol. The number of sulfonamides is 1. The molecule has 0 saturated heterocycles. The number of nitrogen functional groups attached to an aromatic ring is 1. The van der Waals surface area contributed by atoms with Crippen LogP contribution >= 0.6 is 23.2 Å². The van der Waals surface area contributed by atoms with Crippen LogP contribution in [0.2, 0.25) is 10.0 Å². The molecule has 0 aliphatic heterocycles. The predicted molar refractivity (Wildman–Crippen MR) is 77.3 cm³/mol. The maximum atomic E-state index is 12.4. The Kier molecular flexibility index (Phi) is 5.64. The van der Waals surface area contributed by atoms with Gasteiger partial charge in [-0.05, 0) is 12.1 Å². The number of esters is 1. The van der Waals surface area contributed by atoms with Gasteiger partial charge < -0.3 is 10.5 Å². The molecule has 112 valence electrons. The zero-order chi connectivity index (χ0) is 15.5. The Bertz CT molecular complexity index is 619. The van der Waals surface area contributed by atoms with Gasteiger partial charge in [0.25, 0.3) is 0 Å². The standard InChI is InChI=1S/C11H14Cl2N2O4S/c1-3-15(6-9(16)19-2)20(17,18)8-5-4-7(12)11(14)10(8)13/h4-5H,3,6,14H2,1-2H3. The Hall–Kier alpha value is -1.02. The summed E-state index contributed by atoms with van der Waals surface area (Å²) in [5.41, 5.74) is 5.59. The first-order chi connectivity index (χ1) is 9.25. The number of rotatable bonds is 5. The molecule has 0 unspecified atom stereocenters. The Morgan fingerprint density at radius 1 is 1.40 bits per heavy atom. The van der Waals surface area contributed by atoms with Crippen molar-refractivity contribution in [3.8, 4) is 0 Å². The zero-order valence-corrected chi connectivity index (χ0v) is 13.2. The maximum Gasteiger partial charge on any atom is 0.321 e. The van der Waals surface area contributed by atoms with E-state index >= 15 is 0 Å². The molecule has 20 heavy (non-hydrogen) atoms. The highest BCUT2D eigenvalue weighted by Gasteiger charge is 2.28. The highest BCUT2D eigenvalue weighted by Crippen LogP contribution is 2.34. The van der Waals surface area contributed by atoms with Gasteiger partial charge in [0.15, 0.2) is 0 Å². The van der Waals surface area contributed by atoms with E-state index in [-0.39, 0.29) is 27.2 Å². The number of hydrogen-bond acceptors (Lipinski definition) is 5. The molecule has 0 fully saturated rings. The summed E-state index contributed by atoms with van der Waals surface area (Å²) in [4.78, 5) is 11.1. The summed E-state index contributed by atoms with van der Waals surface area (Å²) in [5.74, 6) is -0.673. The number of hydrogen-bond donors (Lipinski definition) is 1. The fraction of sp³-hybridized carbons (Fsp3) is 0.364. The van der Waals surface area contributed by atoms with Crippen molar-refractivity contribution in [2.75, 3.05) is 25.9 Å². The van der Waals surface area contributed by atoms with Crippen molar-refractivity contribution in [1.82, 2.24) is 4.31 Å². The average molecular weight is 341 g/mol. The molecule has 0 aliphatic carbocycles. The van der Waals surface area contributed by atoms with Crippen molar-refractivity contribution in [1.29, 1.82) is 0 Å². The fourth-order valence-corrected chi connectivity index (χ4v) is 3.60. The Balaban J connectivity index is 3.28. The monoisotopic (exact) mass is 340 g/mol. The largest absolute Gasteiger partial charge is 0.468 e. The van der Waals surface area contributed by atoms with Gasteiger partial charge >= 0.3 is 5.97 Å². The Morgan fingerprint density at radius 3 is 2.50 bits per heavy atom. The van der Waals surface area contributed by atoms with Crippen LogP contribution in [-0.2, 0) is 19.6 Å². The third kappa shape index (κ3) is 3.35. The summed E-state index contributed by atoms with van der Waals surface area (Å²) >= 11 is 11.7. The summed E-state index contributed by atoms with van der Waals surface area (Å²) in [6.45, 7) is 1.26. The van der Waals surface area contributed by atoms with Gasteiger partial charge in [0.05, 0.1) is 22.8 Å². The summed E-state index contributed by atoms with van der Waals surface area (Å²) in [7, 11) is -2.79. The van der Waals surface area contributed by atoms with Gasteiger partial charge in [0.1, 0.15) is 11.4 Å². The molecule has 9 heteroatoms. The summed E-state index contributed by atoms with van der Waals surface area (Å²) in [6, 6.07) is 2.58. The van der Waals surface area contributed by atoms with Crippen LogP contribution in [0, 0.1) is 0 Å². The van der Waals surface area contributed by atoms with E-state index < -0.39 is 22.5 Å². The molecule has 2 N–H and O–H groups in total. The lowest BCUT2D eigenvalue weighted by atomic mass is 10.3. The molecule has 0 saturated carbocycles. The van der Waals surface area contributed by atoms with Crippen molar-refractivity contribution in [2.45, 2.75) is 11.8 Å². The summed E-state index contributed by atoms with van der Waals surface area (Å²) < 4.78 is 30.3. The van der Waals surface area contributed by atoms with E-state index in [2.05, 4.69) is 4.74 Å². The number of carbonyl (C=O) groups excluding carboxylic acids is 1. The minimum absolute atomic E-state index is 0.0245. The molecule has 1 aromatic rings. The highest BCUT2D eigenvalue weighted by atomic mass is 35.5. The lowest BCUT2D eigenvalue weighted by molar-refractivity contribution is -0.140. The third-order valence-corrected chi connectivity index (χ3v) is 5.41. The van der Waals surface area contributed by atoms with Crippen LogP contribution in [-0.4, -0.2) is 38.9 Å². The van der Waals surface area contributed by atoms with E-state index in [0.29, 0.717) is 0 Å². The molecule has 0 spiro atoms. The number of benzene rings is 1. The van der Waals surface area contributed by atoms with E-state index in [1.165, 1.54) is 19.2 Å². The van der Waals surface area contributed by atoms with Gasteiger partial charge in [-0.2, -0.15) is 4.31 Å². The van der Waals surface area contributed by atoms with Crippen molar-refractivity contribution in [3.05, 3.63) is 22.2 Å². The molecule has 0 bridgehead atoms. The third-order valence-electron chi connectivity index (χ3n) is 2.59. The van der Waals surface area contributed by atoms with E-state index in [4.69, 9.17) is 28.9 Å². The Labute approximate surface area is 127 Å². The van der Waals surface area contributed by atoms with Crippen LogP contribution in [0.5, 0.6) is 0 Å². The van der Waals surface area contributed by atoms with E-state index in [1.54, 1.807) is 6.92 Å². The number of ether oxygens (including phenoxy) is 1. The fourth-order valence-electron chi connectivity index (χ4n) is 1.46. The second-order valence-corrected chi connectivity index (χ2v) is 6.47. The highest BCUT2D eigenvalue weighted by molar-refractivity contribution is 7.89. The van der Waals surface area contributed by atoms with Crippen LogP contribution in [0.1, 0.15) is 6.92 Å². The number of nitrogens with zero attached hydrogens (tertiary/aromatic N) is 1. The van der Waals surface area contributed by atoms with E-state index in [0.717, 1.165) is 4.31 Å². The van der Waals surface area contributed by atoms with Gasteiger partial charge in [0, 0.05) is 6.54 Å². The number of likely N-dealkylation sites (N-methyl/N-ethyl adjacent to an activating group) is 1. The number of carbonyl (C=O) groups is 1. The first-order valence-corrected chi connectivity index (χ1v) is 7.75. The van der Waals surface area contributed by atoms with Crippen LogP contribution in [0.4, 0.5) is 5.69 Å². The van der Waals surface area contributed by atoms with Crippen molar-refractivity contribution < 1.29 is 17.9 Å². The van der Waals surface area contributed by atoms with Gasteiger partial charge in [-0.3, -0.25) is 4.79 Å². The Morgan fingerprint density at radius 2 is 2.00 bits per heavy atom. The number of anilines is 1. The van der Waals surface area contributed by atoms with Gasteiger partial charge in [-0.25, -0.2) is 8.42 Å². The van der Waals surface area contributed by atoms with Crippen LogP contribution in [0.3, 0.4) is 0 Å². The van der Waals surface area contributed by atoms with E-state index in [9.17, 15) is 13.2 Å². The number of methoxy groups -OCH3 is 1. The van der Waals surface area contributed by atoms with Crippen molar-refractivity contribution in [3.63, 3.8) is 0 Å². The van der Waals surface area contributed by atoms with Crippen LogP contribution in [0.25, 0.3) is 0 Å². The predicted octanol–water partition coefficient (Wildman–Crippen LogP) is 1.76. The molecule has 0 aliphatic rings. The first-order valence-electron chi connectivity index (χ1n) is 5.56. The maximum absolute atomic E-state index is 12.4. The second-order valence-electron chi connectivity index (χ2n) is 3.78. The molecule has 0 aromatic heterocycles. The first kappa shape index (κ1) is 17.0. The smallest absolute Gasteiger partial charge is 0.321 e. The average Bonchev–Trinajstić information content (AvgIpc) is 2.41. The second kappa shape index (κ2) is 6.62. The minimum Gasteiger partial charge on any atom is -0.468 e. The lowest BCUT2D eigenvalue weighted by Crippen LogP contribution is -2.36. The molecule has 0 atom stereocenters. The van der Waals surface area contributed by atoms with Crippen molar-refractivity contribution >= 4 is 44.9 Å². The molecule has 0 heterocycles. The minimum atomic E-state index is -3.96. The molecule has 0 amide bonds. The van der Waals surface area contributed by atoms with Gasteiger partial charge in [0.2, 0.25) is 10.0 Å². The molecule has 0 radical (unpaired) electrons. The summed E-state index contributed by atoms with van der Waals surface area (Å²) in [5, 5.41) is -0.00854. The van der Waals surface area contributed by atoms with Crippen LogP contribution < -0.4 is 5.73 Å². The van der Waals surface area contributed by atoms with E-state index in [1.807, 2.05) is 0 Å². The van der Waals surface area contributed by atoms with Crippen molar-refractivity contribution in [2.24, 2.45) is 0 Å². The molecular formula is C11H14Cl2N2O4S. The molecule has 6 nitrogen and oxygen atoms in total. The number of nitrogens with two attached hydrogens (primary N) is 1. The van der Waals surface area contributed by atoms with Crippen LogP contribution in [0.15, 0.2) is 17.0 Å². The van der Waals surface area contributed by atoms with Gasteiger partial charge in [-0.15, -0.1) is 0 Å². The topological polar surface area (TPSA) is 89.7 Å². The number of halogens is 2. The SMILES string of the molecule is CCN(CC(=O)OC)S(=O)(=O)c1ccc(Cl)c(N)c1Cl. The summed E-state index contributed by atoms with van der Waals surface area (Å²) in [6.07, 6.45) is 0. The molecule has 1 aromatic carbocycles. The lowest BCUT2D eigenvalue weighted by Gasteiger charge is -2.20. The normalized spacial score (nSPS) is 11.7. The molecule has 1 rings (SSSR count). The van der Waals surface area contributed by atoms with Gasteiger partial charge in [-0.1, -0.05) is 30.1 Å². The zero-order valence-electron chi connectivity index (χ0n) is 10.9.